The minimum absolute atomic E-state index is 0.0823. The fourth-order valence-electron chi connectivity index (χ4n) is 4.22. The second-order valence-corrected chi connectivity index (χ2v) is 11.3. The molecular formula is C19H27BrN6O3S. The van der Waals surface area contributed by atoms with E-state index in [4.69, 9.17) is 4.98 Å². The molecule has 1 saturated heterocycles. The molecule has 1 saturated carbocycles. The molecule has 4 rings (SSSR count). The molecule has 3 N–H and O–H groups in total. The molecule has 2 aromatic heterocycles. The number of aliphatic hydroxyl groups is 1. The highest BCUT2D eigenvalue weighted by molar-refractivity contribution is 9.10. The number of piperidine rings is 1. The van der Waals surface area contributed by atoms with Gasteiger partial charge in [0.25, 0.3) is 0 Å². The van der Waals surface area contributed by atoms with E-state index < -0.39 is 15.6 Å². The molecule has 2 aromatic rings. The summed E-state index contributed by atoms with van der Waals surface area (Å²) in [5, 5.41) is 18.2. The van der Waals surface area contributed by atoms with Crippen LogP contribution in [0.5, 0.6) is 0 Å². The molecule has 9 nitrogen and oxygen atoms in total. The van der Waals surface area contributed by atoms with Gasteiger partial charge in [-0.1, -0.05) is 0 Å². The Balaban J connectivity index is 1.54. The number of pyridine rings is 1. The molecule has 2 aliphatic rings. The number of nitrogens with zero attached hydrogens (tertiary/aromatic N) is 4. The number of sulfonamides is 1. The normalized spacial score (nSPS) is 26.2. The molecule has 1 aliphatic carbocycles. The van der Waals surface area contributed by atoms with E-state index in [0.29, 0.717) is 43.2 Å². The van der Waals surface area contributed by atoms with Crippen LogP contribution in [-0.2, 0) is 10.0 Å². The predicted molar refractivity (Wildman–Crippen MR) is 120 cm³/mol. The van der Waals surface area contributed by atoms with Gasteiger partial charge in [0, 0.05) is 41.4 Å². The zero-order valence-electron chi connectivity index (χ0n) is 17.1. The summed E-state index contributed by atoms with van der Waals surface area (Å²) in [5.74, 6) is 1.11. The molecule has 0 spiro atoms. The molecule has 0 radical (unpaired) electrons. The van der Waals surface area contributed by atoms with Crippen LogP contribution in [0.15, 0.2) is 16.9 Å². The molecule has 164 valence electrons. The van der Waals surface area contributed by atoms with E-state index in [1.54, 1.807) is 12.4 Å². The van der Waals surface area contributed by atoms with Gasteiger partial charge in [-0.2, -0.15) is 0 Å². The van der Waals surface area contributed by atoms with Gasteiger partial charge in [-0.25, -0.2) is 27.7 Å². The molecular weight excluding hydrogens is 472 g/mol. The number of aromatic nitrogens is 3. The van der Waals surface area contributed by atoms with Crippen molar-refractivity contribution >= 4 is 48.6 Å². The van der Waals surface area contributed by atoms with Crippen LogP contribution in [0.25, 0.3) is 10.9 Å². The monoisotopic (exact) mass is 498 g/mol. The molecule has 0 aromatic carbocycles. The third-order valence-electron chi connectivity index (χ3n) is 6.07. The summed E-state index contributed by atoms with van der Waals surface area (Å²) in [6.45, 7) is 2.82. The van der Waals surface area contributed by atoms with E-state index in [-0.39, 0.29) is 12.1 Å². The lowest BCUT2D eigenvalue weighted by Gasteiger charge is -2.30. The Hall–Kier alpha value is -1.56. The molecule has 3 heterocycles. The highest BCUT2D eigenvalue weighted by Gasteiger charge is 2.37. The third-order valence-corrected chi connectivity index (χ3v) is 8.01. The number of halogens is 1. The second kappa shape index (κ2) is 8.18. The standard InChI is InChI=1S/C19H27BrN6O3S/c1-19(27)7-3-4-15(19)24-17-16-13(14(20)11-21-17)10-22-18(25-16)23-12-5-8-26(9-6-12)30(2,28)29/h10-12,15,27H,3-9H2,1-2H3,(H,21,24)(H,22,23,25)/t15?,19-/m1/s1. The van der Waals surface area contributed by atoms with E-state index in [1.165, 1.54) is 10.6 Å². The van der Waals surface area contributed by atoms with Gasteiger partial charge in [0.15, 0.2) is 5.82 Å². The zero-order chi connectivity index (χ0) is 21.5. The lowest BCUT2D eigenvalue weighted by Crippen LogP contribution is -2.42. The zero-order valence-corrected chi connectivity index (χ0v) is 19.5. The van der Waals surface area contributed by atoms with Gasteiger partial charge in [0.05, 0.1) is 17.9 Å². The van der Waals surface area contributed by atoms with E-state index in [0.717, 1.165) is 29.1 Å². The van der Waals surface area contributed by atoms with Crippen molar-refractivity contribution < 1.29 is 13.5 Å². The summed E-state index contributed by atoms with van der Waals surface area (Å²) in [5.41, 5.74) is -0.0962. The van der Waals surface area contributed by atoms with Crippen LogP contribution in [-0.4, -0.2) is 69.8 Å². The molecule has 1 aliphatic heterocycles. The van der Waals surface area contributed by atoms with E-state index in [9.17, 15) is 13.5 Å². The summed E-state index contributed by atoms with van der Waals surface area (Å²) in [7, 11) is -3.15. The summed E-state index contributed by atoms with van der Waals surface area (Å²) < 4.78 is 25.7. The maximum atomic E-state index is 11.7. The molecule has 11 heteroatoms. The van der Waals surface area contributed by atoms with Gasteiger partial charge >= 0.3 is 0 Å². The van der Waals surface area contributed by atoms with Gasteiger partial charge < -0.3 is 15.7 Å². The number of nitrogens with one attached hydrogen (secondary N) is 2. The average Bonchev–Trinajstić information content (AvgIpc) is 3.02. The van der Waals surface area contributed by atoms with Gasteiger partial charge in [0.1, 0.15) is 5.52 Å². The fourth-order valence-corrected chi connectivity index (χ4v) is 5.49. The van der Waals surface area contributed by atoms with Crippen molar-refractivity contribution in [2.75, 3.05) is 30.0 Å². The number of rotatable bonds is 5. The van der Waals surface area contributed by atoms with Gasteiger partial charge in [0.2, 0.25) is 16.0 Å². The highest BCUT2D eigenvalue weighted by atomic mass is 79.9. The summed E-state index contributed by atoms with van der Waals surface area (Å²) in [6, 6.07) is 0.0219. The number of hydrogen-bond acceptors (Lipinski definition) is 8. The lowest BCUT2D eigenvalue weighted by atomic mass is 10.0. The summed E-state index contributed by atoms with van der Waals surface area (Å²) >= 11 is 3.51. The summed E-state index contributed by atoms with van der Waals surface area (Å²) in [6.07, 6.45) is 8.70. The van der Waals surface area contributed by atoms with Crippen molar-refractivity contribution in [2.45, 2.75) is 56.7 Å². The topological polar surface area (TPSA) is 120 Å². The summed E-state index contributed by atoms with van der Waals surface area (Å²) in [4.78, 5) is 13.6. The van der Waals surface area contributed by atoms with Crippen molar-refractivity contribution in [1.82, 2.24) is 19.3 Å². The highest BCUT2D eigenvalue weighted by Crippen LogP contribution is 2.34. The third kappa shape index (κ3) is 4.53. The first-order valence-corrected chi connectivity index (χ1v) is 12.8. The molecule has 2 fully saturated rings. The number of hydrogen-bond donors (Lipinski definition) is 3. The SMILES string of the molecule is C[C@@]1(O)CCCC1Nc1ncc(Br)c2cnc(NC3CCN(S(C)(=O)=O)CC3)nc12. The van der Waals surface area contributed by atoms with Crippen LogP contribution in [0.2, 0.25) is 0 Å². The molecule has 0 bridgehead atoms. The Bertz CT molecular complexity index is 1040. The van der Waals surface area contributed by atoms with Gasteiger partial charge in [-0.3, -0.25) is 0 Å². The van der Waals surface area contributed by atoms with E-state index in [1.807, 2.05) is 6.92 Å². The van der Waals surface area contributed by atoms with E-state index >= 15 is 0 Å². The largest absolute Gasteiger partial charge is 0.388 e. The average molecular weight is 499 g/mol. The van der Waals surface area contributed by atoms with Crippen LogP contribution >= 0.6 is 15.9 Å². The minimum Gasteiger partial charge on any atom is -0.388 e. The van der Waals surface area contributed by atoms with Gasteiger partial charge in [-0.05, 0) is 55.0 Å². The first-order chi connectivity index (χ1) is 14.1. The lowest BCUT2D eigenvalue weighted by molar-refractivity contribution is 0.0578. The van der Waals surface area contributed by atoms with Crippen LogP contribution < -0.4 is 10.6 Å². The van der Waals surface area contributed by atoms with Crippen LogP contribution in [0.3, 0.4) is 0 Å². The Morgan fingerprint density at radius 2 is 1.93 bits per heavy atom. The van der Waals surface area contributed by atoms with Crippen LogP contribution in [0.4, 0.5) is 11.8 Å². The first-order valence-electron chi connectivity index (χ1n) is 10.2. The van der Waals surface area contributed by atoms with Crippen molar-refractivity contribution in [1.29, 1.82) is 0 Å². The van der Waals surface area contributed by atoms with Crippen LogP contribution in [0.1, 0.15) is 39.0 Å². The van der Waals surface area contributed by atoms with Crippen molar-refractivity contribution in [3.8, 4) is 0 Å². The number of anilines is 2. The molecule has 0 amide bonds. The fraction of sp³-hybridized carbons (Fsp3) is 0.632. The molecule has 1 unspecified atom stereocenters. The van der Waals surface area contributed by atoms with Gasteiger partial charge in [-0.15, -0.1) is 0 Å². The first kappa shape index (κ1) is 21.7. The second-order valence-electron chi connectivity index (χ2n) is 8.44. The maximum Gasteiger partial charge on any atom is 0.223 e. The van der Waals surface area contributed by atoms with Crippen LogP contribution in [0, 0.1) is 0 Å². The van der Waals surface area contributed by atoms with Crippen molar-refractivity contribution in [3.05, 3.63) is 16.9 Å². The minimum atomic E-state index is -3.15. The maximum absolute atomic E-state index is 11.7. The Morgan fingerprint density at radius 1 is 1.20 bits per heavy atom. The van der Waals surface area contributed by atoms with E-state index in [2.05, 4.69) is 36.5 Å². The quantitative estimate of drug-likeness (QED) is 0.574. The Labute approximate surface area is 184 Å². The Morgan fingerprint density at radius 3 is 2.57 bits per heavy atom. The smallest absolute Gasteiger partial charge is 0.223 e. The molecule has 2 atom stereocenters. The van der Waals surface area contributed by atoms with Crippen molar-refractivity contribution in [2.24, 2.45) is 0 Å². The Kier molecular flexibility index (Phi) is 5.90. The number of fused-ring (bicyclic) bond motifs is 1. The van der Waals surface area contributed by atoms with Crippen molar-refractivity contribution in [3.63, 3.8) is 0 Å². The predicted octanol–water partition coefficient (Wildman–Crippen LogP) is 2.34. The molecule has 30 heavy (non-hydrogen) atoms.